The molecule has 0 radical (unpaired) electrons. The van der Waals surface area contributed by atoms with E-state index in [9.17, 15) is 26.8 Å². The van der Waals surface area contributed by atoms with Gasteiger partial charge in [-0.05, 0) is 61.9 Å². The maximum atomic E-state index is 14.6. The van der Waals surface area contributed by atoms with Crippen molar-refractivity contribution < 1.29 is 45.7 Å². The van der Waals surface area contributed by atoms with Crippen molar-refractivity contribution in [1.29, 1.82) is 0 Å². The van der Waals surface area contributed by atoms with Gasteiger partial charge in [0.15, 0.2) is 17.4 Å². The Morgan fingerprint density at radius 2 is 1.67 bits per heavy atom. The molecule has 36 heavy (non-hydrogen) atoms. The van der Waals surface area contributed by atoms with Crippen LogP contribution in [0.1, 0.15) is 19.4 Å². The Morgan fingerprint density at radius 1 is 1.03 bits per heavy atom. The van der Waals surface area contributed by atoms with Crippen molar-refractivity contribution in [1.82, 2.24) is 4.72 Å². The minimum atomic E-state index is -4.21. The van der Waals surface area contributed by atoms with Crippen LogP contribution in [0.15, 0.2) is 46.9 Å². The summed E-state index contributed by atoms with van der Waals surface area (Å²) in [6.45, 7) is 3.75. The molecule has 1 amide bonds. The molecule has 196 valence electrons. The van der Waals surface area contributed by atoms with Gasteiger partial charge in [-0.2, -0.15) is 0 Å². The van der Waals surface area contributed by atoms with Gasteiger partial charge in [-0.3, -0.25) is 0 Å². The van der Waals surface area contributed by atoms with Gasteiger partial charge >= 0.3 is 12.1 Å². The predicted octanol–water partition coefficient (Wildman–Crippen LogP) is 3.11. The van der Waals surface area contributed by atoms with Gasteiger partial charge in [0.2, 0.25) is 0 Å². The Labute approximate surface area is 207 Å². The molecule has 13 heteroatoms. The molecule has 0 heterocycles. The lowest BCUT2D eigenvalue weighted by Gasteiger charge is -2.11. The van der Waals surface area contributed by atoms with E-state index in [0.29, 0.717) is 13.2 Å². The Kier molecular flexibility index (Phi) is 10.8. The zero-order valence-electron chi connectivity index (χ0n) is 19.6. The molecular formula is C23H26F2N2O8S. The fraction of sp³-hybridized carbons (Fsp3) is 0.304. The molecule has 0 aromatic heterocycles. The van der Waals surface area contributed by atoms with Crippen molar-refractivity contribution in [2.75, 3.05) is 33.0 Å². The van der Waals surface area contributed by atoms with Crippen molar-refractivity contribution >= 4 is 28.2 Å². The summed E-state index contributed by atoms with van der Waals surface area (Å²) in [4.78, 5) is 23.1. The first-order valence-electron chi connectivity index (χ1n) is 10.7. The van der Waals surface area contributed by atoms with Gasteiger partial charge in [0, 0.05) is 12.1 Å². The van der Waals surface area contributed by atoms with Crippen LogP contribution in [0.3, 0.4) is 0 Å². The summed E-state index contributed by atoms with van der Waals surface area (Å²) in [7, 11) is -4.21. The number of rotatable bonds is 12. The smallest absolute Gasteiger partial charge is 0.421 e. The topological polar surface area (TPSA) is 143 Å². The SMILES string of the molecule is CCOC(=O)NS(=O)(=O)c1ccc(Oc2c(F)cc(/C=C(\C)C(=O)OCCOCCN)cc2F)cc1. The van der Waals surface area contributed by atoms with Crippen LogP contribution in [0.5, 0.6) is 11.5 Å². The number of amides is 1. The second-order valence-corrected chi connectivity index (χ2v) is 8.76. The largest absolute Gasteiger partial charge is 0.460 e. The van der Waals surface area contributed by atoms with Crippen LogP contribution < -0.4 is 15.2 Å². The summed E-state index contributed by atoms with van der Waals surface area (Å²) in [6, 6.07) is 6.40. The molecule has 10 nitrogen and oxygen atoms in total. The quantitative estimate of drug-likeness (QED) is 0.241. The maximum absolute atomic E-state index is 14.6. The summed E-state index contributed by atoms with van der Waals surface area (Å²) < 4.78 is 75.0. The normalized spacial score (nSPS) is 11.6. The number of ether oxygens (including phenoxy) is 4. The first-order valence-corrected chi connectivity index (χ1v) is 12.2. The number of esters is 1. The van der Waals surface area contributed by atoms with Crippen LogP contribution in [0.2, 0.25) is 0 Å². The fourth-order valence-corrected chi connectivity index (χ4v) is 3.59. The molecule has 0 spiro atoms. The molecule has 3 N–H and O–H groups in total. The summed E-state index contributed by atoms with van der Waals surface area (Å²) >= 11 is 0. The predicted molar refractivity (Wildman–Crippen MR) is 125 cm³/mol. The van der Waals surface area contributed by atoms with Crippen LogP contribution in [-0.4, -0.2) is 53.5 Å². The van der Waals surface area contributed by atoms with E-state index in [1.54, 1.807) is 4.72 Å². The van der Waals surface area contributed by atoms with Crippen molar-refractivity contribution in [3.05, 3.63) is 59.2 Å². The van der Waals surface area contributed by atoms with Gasteiger partial charge in [0.05, 0.1) is 24.7 Å². The lowest BCUT2D eigenvalue weighted by atomic mass is 10.1. The van der Waals surface area contributed by atoms with Gasteiger partial charge in [-0.1, -0.05) is 0 Å². The van der Waals surface area contributed by atoms with Crippen LogP contribution in [0.25, 0.3) is 6.08 Å². The van der Waals surface area contributed by atoms with E-state index < -0.39 is 39.5 Å². The van der Waals surface area contributed by atoms with Crippen LogP contribution >= 0.6 is 0 Å². The molecule has 2 rings (SSSR count). The lowest BCUT2D eigenvalue weighted by Crippen LogP contribution is -2.31. The van der Waals surface area contributed by atoms with Crippen molar-refractivity contribution in [3.8, 4) is 11.5 Å². The lowest BCUT2D eigenvalue weighted by molar-refractivity contribution is -0.140. The first-order chi connectivity index (χ1) is 17.1. The zero-order valence-corrected chi connectivity index (χ0v) is 20.4. The monoisotopic (exact) mass is 528 g/mol. The van der Waals surface area contributed by atoms with Gasteiger partial charge in [-0.15, -0.1) is 0 Å². The molecule has 0 aliphatic rings. The van der Waals surface area contributed by atoms with Gasteiger partial charge in [0.1, 0.15) is 12.4 Å². The molecule has 0 unspecified atom stereocenters. The summed E-state index contributed by atoms with van der Waals surface area (Å²) in [5.41, 5.74) is 5.44. The van der Waals surface area contributed by atoms with E-state index in [0.717, 1.165) is 36.4 Å². The minimum absolute atomic E-state index is 0.00150. The average Bonchev–Trinajstić information content (AvgIpc) is 2.81. The molecule has 0 aliphatic carbocycles. The molecule has 2 aromatic rings. The van der Waals surface area contributed by atoms with Crippen molar-refractivity contribution in [3.63, 3.8) is 0 Å². The number of halogens is 2. The molecule has 0 aliphatic heterocycles. The molecule has 0 bridgehead atoms. The zero-order chi connectivity index (χ0) is 26.7. The fourth-order valence-electron chi connectivity index (χ4n) is 2.70. The van der Waals surface area contributed by atoms with Crippen molar-refractivity contribution in [2.45, 2.75) is 18.7 Å². The Bertz CT molecular complexity index is 1180. The standard InChI is InChI=1S/C23H26F2N2O8S/c1-3-33-23(29)27-36(30,31)18-6-4-17(5-7-18)35-21-19(24)13-16(14-20(21)25)12-15(2)22(28)34-11-10-32-9-8-26/h4-7,12-14H,3,8-11,26H2,1-2H3,(H,27,29)/b15-12+. The first kappa shape index (κ1) is 28.7. The average molecular weight is 529 g/mol. The number of sulfonamides is 1. The van der Waals surface area contributed by atoms with E-state index in [-0.39, 0.29) is 41.6 Å². The van der Waals surface area contributed by atoms with E-state index in [1.807, 2.05) is 0 Å². The van der Waals surface area contributed by atoms with E-state index in [4.69, 9.17) is 19.9 Å². The number of hydrogen-bond acceptors (Lipinski definition) is 9. The minimum Gasteiger partial charge on any atom is -0.460 e. The Balaban J connectivity index is 2.08. The third kappa shape index (κ3) is 8.59. The Morgan fingerprint density at radius 3 is 2.25 bits per heavy atom. The summed E-state index contributed by atoms with van der Waals surface area (Å²) in [5.74, 6) is -3.59. The van der Waals surface area contributed by atoms with Gasteiger partial charge in [-0.25, -0.2) is 31.5 Å². The molecule has 0 saturated heterocycles. The van der Waals surface area contributed by atoms with Crippen molar-refractivity contribution in [2.24, 2.45) is 5.73 Å². The van der Waals surface area contributed by atoms with Crippen LogP contribution in [0.4, 0.5) is 13.6 Å². The van der Waals surface area contributed by atoms with E-state index >= 15 is 0 Å². The van der Waals surface area contributed by atoms with E-state index in [1.165, 1.54) is 19.9 Å². The molecule has 0 fully saturated rings. The summed E-state index contributed by atoms with van der Waals surface area (Å²) in [5, 5.41) is 0. The van der Waals surface area contributed by atoms with E-state index in [2.05, 4.69) is 4.74 Å². The third-order valence-corrected chi connectivity index (χ3v) is 5.62. The number of hydrogen-bond donors (Lipinski definition) is 2. The number of nitrogens with one attached hydrogen (secondary N) is 1. The number of carbonyl (C=O) groups excluding carboxylic acids is 2. The number of carbonyl (C=O) groups is 2. The van der Waals surface area contributed by atoms with Gasteiger partial charge in [0.25, 0.3) is 10.0 Å². The highest BCUT2D eigenvalue weighted by molar-refractivity contribution is 7.90. The molecule has 2 aromatic carbocycles. The molecule has 0 saturated carbocycles. The second kappa shape index (κ2) is 13.5. The molecular weight excluding hydrogens is 502 g/mol. The van der Waals surface area contributed by atoms with Crippen LogP contribution in [0, 0.1) is 11.6 Å². The Hall–Kier alpha value is -3.55. The number of benzene rings is 2. The molecule has 0 atom stereocenters. The summed E-state index contributed by atoms with van der Waals surface area (Å²) in [6.07, 6.45) is 0.103. The number of nitrogens with two attached hydrogens (primary N) is 1. The highest BCUT2D eigenvalue weighted by Crippen LogP contribution is 2.30. The highest BCUT2D eigenvalue weighted by atomic mass is 32.2. The highest BCUT2D eigenvalue weighted by Gasteiger charge is 2.19. The van der Waals surface area contributed by atoms with Gasteiger partial charge < -0.3 is 24.7 Å². The van der Waals surface area contributed by atoms with Crippen LogP contribution in [-0.2, 0) is 29.0 Å². The maximum Gasteiger partial charge on any atom is 0.421 e. The third-order valence-electron chi connectivity index (χ3n) is 4.30. The second-order valence-electron chi connectivity index (χ2n) is 7.08.